The van der Waals surface area contributed by atoms with Crippen LogP contribution in [0, 0.1) is 0 Å². The first kappa shape index (κ1) is 12.9. The molecule has 1 saturated heterocycles. The first-order valence-corrected chi connectivity index (χ1v) is 6.75. The predicted molar refractivity (Wildman–Crippen MR) is 74.9 cm³/mol. The molecule has 0 N–H and O–H groups in total. The van der Waals surface area contributed by atoms with Crippen LogP contribution in [0.5, 0.6) is 0 Å². The molecule has 2 heterocycles. The maximum Gasteiger partial charge on any atom is 0.254 e. The number of rotatable bonds is 2. The van der Waals surface area contributed by atoms with Crippen LogP contribution in [0.3, 0.4) is 0 Å². The Hall–Kier alpha value is -2.14. The highest BCUT2D eigenvalue weighted by atomic mass is 16.5. The number of benzene rings is 1. The normalized spacial score (nSPS) is 19.1. The van der Waals surface area contributed by atoms with Crippen molar-refractivity contribution in [2.45, 2.75) is 13.0 Å². The molecule has 0 spiro atoms. The minimum Gasteiger partial charge on any atom is -0.375 e. The van der Waals surface area contributed by atoms with Crippen molar-refractivity contribution in [3.8, 4) is 5.69 Å². The molecule has 1 aliphatic rings. The van der Waals surface area contributed by atoms with Gasteiger partial charge in [-0.15, -0.1) is 0 Å². The Morgan fingerprint density at radius 3 is 2.80 bits per heavy atom. The Morgan fingerprint density at radius 1 is 1.35 bits per heavy atom. The van der Waals surface area contributed by atoms with Gasteiger partial charge in [0.1, 0.15) is 0 Å². The number of hydrogen-bond acceptors (Lipinski definition) is 3. The van der Waals surface area contributed by atoms with Crippen LogP contribution in [0.1, 0.15) is 17.3 Å². The summed E-state index contributed by atoms with van der Waals surface area (Å²) in [5, 5.41) is 4.17. The summed E-state index contributed by atoms with van der Waals surface area (Å²) >= 11 is 0. The average molecular weight is 271 g/mol. The summed E-state index contributed by atoms with van der Waals surface area (Å²) in [5.74, 6) is 0.0622. The van der Waals surface area contributed by atoms with Crippen LogP contribution in [0.25, 0.3) is 5.69 Å². The van der Waals surface area contributed by atoms with Gasteiger partial charge in [-0.25, -0.2) is 4.68 Å². The fourth-order valence-electron chi connectivity index (χ4n) is 2.36. The Morgan fingerprint density at radius 2 is 2.15 bits per heavy atom. The third-order valence-corrected chi connectivity index (χ3v) is 3.41. The second kappa shape index (κ2) is 5.46. The number of amides is 1. The van der Waals surface area contributed by atoms with E-state index in [4.69, 9.17) is 4.74 Å². The van der Waals surface area contributed by atoms with Crippen LogP contribution < -0.4 is 0 Å². The fourth-order valence-corrected chi connectivity index (χ4v) is 2.36. The molecule has 2 aromatic rings. The third kappa shape index (κ3) is 2.58. The minimum atomic E-state index is 0.0622. The van der Waals surface area contributed by atoms with Crippen molar-refractivity contribution in [3.05, 3.63) is 48.3 Å². The maximum atomic E-state index is 12.4. The number of carbonyl (C=O) groups excluding carboxylic acids is 1. The Bertz CT molecular complexity index is 578. The molecule has 1 fully saturated rings. The smallest absolute Gasteiger partial charge is 0.254 e. The van der Waals surface area contributed by atoms with E-state index in [1.807, 2.05) is 48.4 Å². The van der Waals surface area contributed by atoms with E-state index in [2.05, 4.69) is 5.10 Å². The zero-order chi connectivity index (χ0) is 13.9. The highest BCUT2D eigenvalue weighted by Gasteiger charge is 2.22. The van der Waals surface area contributed by atoms with Gasteiger partial charge in [-0.2, -0.15) is 5.10 Å². The molecule has 20 heavy (non-hydrogen) atoms. The molecular formula is C15H17N3O2. The van der Waals surface area contributed by atoms with Crippen LogP contribution in [0.2, 0.25) is 0 Å². The van der Waals surface area contributed by atoms with Crippen molar-refractivity contribution in [1.82, 2.24) is 14.7 Å². The molecule has 1 aromatic heterocycles. The topological polar surface area (TPSA) is 47.4 Å². The number of hydrogen-bond donors (Lipinski definition) is 0. The van der Waals surface area contributed by atoms with E-state index < -0.39 is 0 Å². The van der Waals surface area contributed by atoms with Crippen molar-refractivity contribution >= 4 is 5.91 Å². The Balaban J connectivity index is 1.75. The molecule has 1 atom stereocenters. The van der Waals surface area contributed by atoms with Gasteiger partial charge < -0.3 is 9.64 Å². The van der Waals surface area contributed by atoms with E-state index in [1.54, 1.807) is 10.9 Å². The zero-order valence-electron chi connectivity index (χ0n) is 11.4. The summed E-state index contributed by atoms with van der Waals surface area (Å²) in [6.45, 7) is 3.91. The molecular weight excluding hydrogens is 254 g/mol. The molecule has 1 aromatic carbocycles. The molecule has 104 valence electrons. The van der Waals surface area contributed by atoms with Crippen molar-refractivity contribution in [2.75, 3.05) is 19.7 Å². The van der Waals surface area contributed by atoms with Crippen molar-refractivity contribution in [2.24, 2.45) is 0 Å². The number of aromatic nitrogens is 2. The molecule has 0 aliphatic carbocycles. The standard InChI is InChI=1S/C15H17N3O2/c1-12-11-17(9-10-20-12)15(19)13-3-5-14(6-4-13)18-8-2-7-16-18/h2-8,12H,9-11H2,1H3/t12-/m0/s1. The number of ether oxygens (including phenoxy) is 1. The van der Waals surface area contributed by atoms with Gasteiger partial charge >= 0.3 is 0 Å². The van der Waals surface area contributed by atoms with Gasteiger partial charge in [0.15, 0.2) is 0 Å². The lowest BCUT2D eigenvalue weighted by Crippen LogP contribution is -2.44. The van der Waals surface area contributed by atoms with E-state index in [9.17, 15) is 4.79 Å². The fraction of sp³-hybridized carbons (Fsp3) is 0.333. The molecule has 5 nitrogen and oxygen atoms in total. The maximum absolute atomic E-state index is 12.4. The summed E-state index contributed by atoms with van der Waals surface area (Å²) in [7, 11) is 0. The van der Waals surface area contributed by atoms with Gasteiger partial charge in [-0.1, -0.05) is 0 Å². The highest BCUT2D eigenvalue weighted by Crippen LogP contribution is 2.13. The molecule has 0 bridgehead atoms. The molecule has 1 amide bonds. The first-order chi connectivity index (χ1) is 9.74. The van der Waals surface area contributed by atoms with Crippen LogP contribution in [-0.4, -0.2) is 46.4 Å². The highest BCUT2D eigenvalue weighted by molar-refractivity contribution is 5.94. The van der Waals surface area contributed by atoms with Crippen molar-refractivity contribution in [1.29, 1.82) is 0 Å². The lowest BCUT2D eigenvalue weighted by molar-refractivity contribution is -0.0124. The largest absolute Gasteiger partial charge is 0.375 e. The summed E-state index contributed by atoms with van der Waals surface area (Å²) < 4.78 is 7.23. The molecule has 0 unspecified atom stereocenters. The lowest BCUT2D eigenvalue weighted by atomic mass is 10.1. The van der Waals surface area contributed by atoms with Crippen LogP contribution in [0.15, 0.2) is 42.7 Å². The molecule has 5 heteroatoms. The second-order valence-electron chi connectivity index (χ2n) is 4.93. The van der Waals surface area contributed by atoms with Gasteiger partial charge in [0.25, 0.3) is 5.91 Å². The van der Waals surface area contributed by atoms with Crippen molar-refractivity contribution in [3.63, 3.8) is 0 Å². The average Bonchev–Trinajstić information content (AvgIpc) is 3.01. The number of morpholine rings is 1. The monoisotopic (exact) mass is 271 g/mol. The van der Waals surface area contributed by atoms with Gasteiger partial charge in [-0.3, -0.25) is 4.79 Å². The molecule has 3 rings (SSSR count). The zero-order valence-corrected chi connectivity index (χ0v) is 11.4. The minimum absolute atomic E-state index is 0.0622. The third-order valence-electron chi connectivity index (χ3n) is 3.41. The predicted octanol–water partition coefficient (Wildman–Crippen LogP) is 1.73. The van der Waals surface area contributed by atoms with Gasteiger partial charge in [0.05, 0.1) is 18.4 Å². The van der Waals surface area contributed by atoms with E-state index in [1.165, 1.54) is 0 Å². The van der Waals surface area contributed by atoms with Crippen LogP contribution in [-0.2, 0) is 4.74 Å². The molecule has 0 saturated carbocycles. The van der Waals surface area contributed by atoms with E-state index in [0.717, 1.165) is 5.69 Å². The van der Waals surface area contributed by atoms with Gasteiger partial charge in [0, 0.05) is 31.0 Å². The van der Waals surface area contributed by atoms with E-state index >= 15 is 0 Å². The van der Waals surface area contributed by atoms with E-state index in [-0.39, 0.29) is 12.0 Å². The van der Waals surface area contributed by atoms with Crippen molar-refractivity contribution < 1.29 is 9.53 Å². The second-order valence-corrected chi connectivity index (χ2v) is 4.93. The molecule has 0 radical (unpaired) electrons. The quantitative estimate of drug-likeness (QED) is 0.835. The summed E-state index contributed by atoms with van der Waals surface area (Å²) in [6, 6.07) is 9.38. The van der Waals surface area contributed by atoms with Crippen LogP contribution >= 0.6 is 0 Å². The first-order valence-electron chi connectivity index (χ1n) is 6.75. The number of carbonyl (C=O) groups is 1. The lowest BCUT2D eigenvalue weighted by Gasteiger charge is -2.31. The van der Waals surface area contributed by atoms with Gasteiger partial charge in [0.2, 0.25) is 0 Å². The Labute approximate surface area is 117 Å². The summed E-state index contributed by atoms with van der Waals surface area (Å²) in [6.07, 6.45) is 3.71. The SMILES string of the molecule is C[C@H]1CN(C(=O)c2ccc(-n3cccn3)cc2)CCO1. The summed E-state index contributed by atoms with van der Waals surface area (Å²) in [5.41, 5.74) is 1.65. The van der Waals surface area contributed by atoms with Gasteiger partial charge in [-0.05, 0) is 37.3 Å². The Kier molecular flexibility index (Phi) is 3.52. The van der Waals surface area contributed by atoms with Crippen LogP contribution in [0.4, 0.5) is 0 Å². The summed E-state index contributed by atoms with van der Waals surface area (Å²) in [4.78, 5) is 14.2. The number of nitrogens with zero attached hydrogens (tertiary/aromatic N) is 3. The van der Waals surface area contributed by atoms with E-state index in [0.29, 0.717) is 25.3 Å². The molecule has 1 aliphatic heterocycles.